The monoisotopic (exact) mass is 172 g/mol. The fourth-order valence-corrected chi connectivity index (χ4v) is 0. The van der Waals surface area contributed by atoms with Crippen LogP contribution in [-0.2, 0) is 17.1 Å². The van der Waals surface area contributed by atoms with Crippen molar-refractivity contribution in [1.82, 2.24) is 0 Å². The molecular formula is C4H8FeN2O2. The number of hydrogen-bond acceptors (Lipinski definition) is 4. The predicted octanol–water partition coefficient (Wildman–Crippen LogP) is -1.31. The second kappa shape index (κ2) is 10.4. The second-order valence-electron chi connectivity index (χ2n) is 1.11. The molecule has 0 saturated heterocycles. The van der Waals surface area contributed by atoms with E-state index >= 15 is 0 Å². The van der Waals surface area contributed by atoms with Crippen LogP contribution in [0.4, 0.5) is 0 Å². The number of rotatable bonds is 0. The third-order valence-corrected chi connectivity index (χ3v) is 0. The molecule has 0 atom stereocenters. The normalized spacial score (nSPS) is 5.56. The van der Waals surface area contributed by atoms with Gasteiger partial charge < -0.3 is 21.0 Å². The van der Waals surface area contributed by atoms with E-state index in [0.717, 1.165) is 0 Å². The Hall–Kier alpha value is -0.541. The van der Waals surface area contributed by atoms with Crippen LogP contribution in [0.5, 0.6) is 0 Å². The van der Waals surface area contributed by atoms with Crippen LogP contribution in [0.3, 0.4) is 0 Å². The molecule has 0 heterocycles. The summed E-state index contributed by atoms with van der Waals surface area (Å²) in [6.07, 6.45) is 0. The van der Waals surface area contributed by atoms with E-state index < -0.39 is 11.8 Å². The first-order chi connectivity index (χ1) is 3.46. The summed E-state index contributed by atoms with van der Waals surface area (Å²) in [4.78, 5) is 0. The van der Waals surface area contributed by atoms with Gasteiger partial charge in [-0.2, -0.15) is 0 Å². The van der Waals surface area contributed by atoms with E-state index in [-0.39, 0.29) is 17.1 Å². The molecule has 0 rings (SSSR count). The molecule has 0 aliphatic carbocycles. The minimum Gasteiger partial charge on any atom is -0.862 e. The topological polar surface area (TPSA) is 93.8 Å². The molecule has 0 spiro atoms. The fraction of sp³-hybridized carbons (Fsp3) is 0.500. The molecule has 0 aliphatic heterocycles. The van der Waals surface area contributed by atoms with Crippen LogP contribution in [-0.4, -0.2) is 11.8 Å². The Labute approximate surface area is 64.4 Å². The Morgan fingerprint density at radius 2 is 1.00 bits per heavy atom. The summed E-state index contributed by atoms with van der Waals surface area (Å²) in [6.45, 7) is 2.39. The maximum atomic E-state index is 9.11. The molecule has 0 bridgehead atoms. The minimum atomic E-state index is -0.583. The molecule has 4 nitrogen and oxygen atoms in total. The van der Waals surface area contributed by atoms with Crippen molar-refractivity contribution in [2.24, 2.45) is 0 Å². The summed E-state index contributed by atoms with van der Waals surface area (Å²) in [5.41, 5.74) is 0. The quantitative estimate of drug-likeness (QED) is 0.269. The molecule has 0 amide bonds. The molecule has 5 heteroatoms. The molecule has 0 unspecified atom stereocenters. The minimum absolute atomic E-state index is 0. The Kier molecular flexibility index (Phi) is 18.3. The van der Waals surface area contributed by atoms with E-state index in [1.807, 2.05) is 0 Å². The predicted molar refractivity (Wildman–Crippen MR) is 26.8 cm³/mol. The SMILES string of the molecule is CC(=N)[O-].CC(=N)[O-].[Fe+2]. The Balaban J connectivity index is -0.0000000720. The molecular weight excluding hydrogens is 164 g/mol. The molecule has 0 aromatic rings. The molecule has 2 N–H and O–H groups in total. The third kappa shape index (κ3) is 761. The van der Waals surface area contributed by atoms with Gasteiger partial charge in [-0.1, -0.05) is 0 Å². The summed E-state index contributed by atoms with van der Waals surface area (Å²) in [5.74, 6) is -1.17. The maximum Gasteiger partial charge on any atom is 2.00 e. The van der Waals surface area contributed by atoms with E-state index in [1.165, 1.54) is 13.8 Å². The van der Waals surface area contributed by atoms with E-state index in [4.69, 9.17) is 21.0 Å². The molecule has 0 aromatic heterocycles. The molecule has 0 aromatic carbocycles. The van der Waals surface area contributed by atoms with Gasteiger partial charge in [-0.05, 0) is 25.6 Å². The van der Waals surface area contributed by atoms with Crippen molar-refractivity contribution >= 4 is 11.8 Å². The van der Waals surface area contributed by atoms with Crippen LogP contribution < -0.4 is 10.2 Å². The summed E-state index contributed by atoms with van der Waals surface area (Å²) >= 11 is 0. The first-order valence-corrected chi connectivity index (χ1v) is 1.91. The summed E-state index contributed by atoms with van der Waals surface area (Å²) < 4.78 is 0. The van der Waals surface area contributed by atoms with Crippen molar-refractivity contribution in [3.63, 3.8) is 0 Å². The molecule has 9 heavy (non-hydrogen) atoms. The summed E-state index contributed by atoms with van der Waals surface area (Å²) in [6, 6.07) is 0. The molecule has 0 saturated carbocycles. The van der Waals surface area contributed by atoms with E-state index in [2.05, 4.69) is 0 Å². The van der Waals surface area contributed by atoms with Gasteiger partial charge in [0, 0.05) is 0 Å². The number of hydrogen-bond donors (Lipinski definition) is 2. The van der Waals surface area contributed by atoms with Crippen molar-refractivity contribution in [2.75, 3.05) is 0 Å². The molecule has 0 fully saturated rings. The van der Waals surface area contributed by atoms with Crippen molar-refractivity contribution < 1.29 is 27.3 Å². The standard InChI is InChI=1S/2C2H5NO.Fe/c2*1-2(3)4;/h2*1H3,(H2,3,4);/q;;+2/p-2. The Morgan fingerprint density at radius 1 is 1.00 bits per heavy atom. The summed E-state index contributed by atoms with van der Waals surface area (Å²) in [7, 11) is 0. The zero-order valence-corrected chi connectivity index (χ0v) is 6.27. The summed E-state index contributed by atoms with van der Waals surface area (Å²) in [5, 5.41) is 30.1. The second-order valence-corrected chi connectivity index (χ2v) is 1.11. The number of nitrogens with one attached hydrogen (secondary N) is 2. The van der Waals surface area contributed by atoms with E-state index in [0.29, 0.717) is 0 Å². The maximum absolute atomic E-state index is 9.11. The smallest absolute Gasteiger partial charge is 0.862 e. The third-order valence-electron chi connectivity index (χ3n) is 0. The molecule has 0 aliphatic rings. The Bertz CT molecular complexity index is 74.6. The van der Waals surface area contributed by atoms with Gasteiger partial charge in [-0.15, -0.1) is 0 Å². The van der Waals surface area contributed by atoms with Crippen LogP contribution in [0.2, 0.25) is 0 Å². The van der Waals surface area contributed by atoms with Gasteiger partial charge >= 0.3 is 17.1 Å². The van der Waals surface area contributed by atoms with Crippen molar-refractivity contribution in [3.05, 3.63) is 0 Å². The van der Waals surface area contributed by atoms with Crippen molar-refractivity contribution in [2.45, 2.75) is 13.8 Å². The Morgan fingerprint density at radius 3 is 1.00 bits per heavy atom. The average molecular weight is 172 g/mol. The largest absolute Gasteiger partial charge is 2.00 e. The van der Waals surface area contributed by atoms with Gasteiger partial charge in [-0.25, -0.2) is 0 Å². The van der Waals surface area contributed by atoms with E-state index in [9.17, 15) is 0 Å². The van der Waals surface area contributed by atoms with Crippen LogP contribution in [0.1, 0.15) is 13.8 Å². The van der Waals surface area contributed by atoms with Gasteiger partial charge in [0.05, 0.1) is 0 Å². The first kappa shape index (κ1) is 15.8. The molecule has 54 valence electrons. The van der Waals surface area contributed by atoms with Gasteiger partial charge in [0.25, 0.3) is 0 Å². The van der Waals surface area contributed by atoms with Gasteiger partial charge in [0.1, 0.15) is 0 Å². The molecule has 0 radical (unpaired) electrons. The van der Waals surface area contributed by atoms with Gasteiger partial charge in [0.2, 0.25) is 0 Å². The zero-order valence-electron chi connectivity index (χ0n) is 5.17. The van der Waals surface area contributed by atoms with Crippen LogP contribution >= 0.6 is 0 Å². The van der Waals surface area contributed by atoms with Crippen LogP contribution in [0.15, 0.2) is 0 Å². The van der Waals surface area contributed by atoms with Crippen molar-refractivity contribution in [1.29, 1.82) is 10.8 Å². The van der Waals surface area contributed by atoms with Gasteiger partial charge in [0.15, 0.2) is 0 Å². The zero-order chi connectivity index (χ0) is 7.15. The van der Waals surface area contributed by atoms with E-state index in [1.54, 1.807) is 0 Å². The van der Waals surface area contributed by atoms with Gasteiger partial charge in [-0.3, -0.25) is 0 Å². The van der Waals surface area contributed by atoms with Crippen molar-refractivity contribution in [3.8, 4) is 0 Å². The first-order valence-electron chi connectivity index (χ1n) is 1.91. The average Bonchev–Trinajstić information content (AvgIpc) is 1.25. The van der Waals surface area contributed by atoms with Crippen LogP contribution in [0, 0.1) is 10.8 Å². The fourth-order valence-electron chi connectivity index (χ4n) is 0. The van der Waals surface area contributed by atoms with Crippen LogP contribution in [0.25, 0.3) is 0 Å².